The molecule has 0 bridgehead atoms. The van der Waals surface area contributed by atoms with Crippen molar-refractivity contribution in [1.82, 2.24) is 0 Å². The van der Waals surface area contributed by atoms with Crippen LogP contribution in [0, 0.1) is 11.3 Å². The first-order valence-electron chi connectivity index (χ1n) is 3.88. The lowest BCUT2D eigenvalue weighted by atomic mass is 10.1. The van der Waals surface area contributed by atoms with E-state index in [4.69, 9.17) is 5.26 Å². The van der Waals surface area contributed by atoms with E-state index in [1.807, 2.05) is 0 Å². The van der Waals surface area contributed by atoms with E-state index in [1.54, 1.807) is 13.0 Å². The summed E-state index contributed by atoms with van der Waals surface area (Å²) in [6, 6.07) is 1.76. The van der Waals surface area contributed by atoms with Crippen molar-refractivity contribution in [3.05, 3.63) is 36.0 Å². The number of hydrogen-bond acceptors (Lipinski definition) is 1. The Morgan fingerprint density at radius 3 is 2.54 bits per heavy atom. The van der Waals surface area contributed by atoms with Crippen LogP contribution in [0.3, 0.4) is 0 Å². The second-order valence-electron chi connectivity index (χ2n) is 2.33. The van der Waals surface area contributed by atoms with E-state index >= 15 is 0 Å². The Labute approximate surface area is 76.7 Å². The van der Waals surface area contributed by atoms with Gasteiger partial charge in [-0.05, 0) is 12.5 Å². The smallest absolute Gasteiger partial charge is 0.205 e. The molecule has 13 heavy (non-hydrogen) atoms. The Bertz CT molecular complexity index is 269. The summed E-state index contributed by atoms with van der Waals surface area (Å²) in [5.74, 6) is 0. The summed E-state index contributed by atoms with van der Waals surface area (Å²) in [4.78, 5) is 0. The summed E-state index contributed by atoms with van der Waals surface area (Å²) in [6.45, 7) is 5.10. The van der Waals surface area contributed by atoms with Crippen molar-refractivity contribution in [2.24, 2.45) is 0 Å². The largest absolute Gasteiger partial charge is 0.263 e. The molecule has 0 aliphatic rings. The predicted molar refractivity (Wildman–Crippen MR) is 48.3 cm³/mol. The molecule has 0 N–H and O–H groups in total. The third-order valence-corrected chi connectivity index (χ3v) is 1.36. The second kappa shape index (κ2) is 6.13. The summed E-state index contributed by atoms with van der Waals surface area (Å²) in [6.07, 6.45) is 1.79. The van der Waals surface area contributed by atoms with Gasteiger partial charge in [-0.2, -0.15) is 5.26 Å². The van der Waals surface area contributed by atoms with E-state index < -0.39 is 6.43 Å². The highest BCUT2D eigenvalue weighted by molar-refractivity contribution is 5.39. The highest BCUT2D eigenvalue weighted by Gasteiger charge is 2.07. The maximum Gasteiger partial charge on any atom is 0.263 e. The molecule has 0 saturated heterocycles. The Balaban J connectivity index is 4.80. The van der Waals surface area contributed by atoms with Gasteiger partial charge in [0.1, 0.15) is 0 Å². The lowest BCUT2D eigenvalue weighted by molar-refractivity contribution is 0.193. The summed E-state index contributed by atoms with van der Waals surface area (Å²) in [7, 11) is 0. The number of halogens is 2. The number of allylic oxidation sites excluding steroid dienone is 5. The minimum Gasteiger partial charge on any atom is -0.205 e. The van der Waals surface area contributed by atoms with Crippen LogP contribution in [0.1, 0.15) is 13.3 Å². The van der Waals surface area contributed by atoms with Crippen molar-refractivity contribution in [2.45, 2.75) is 19.8 Å². The lowest BCUT2D eigenvalue weighted by Gasteiger charge is -1.99. The van der Waals surface area contributed by atoms with Gasteiger partial charge in [0, 0.05) is 5.57 Å². The number of nitriles is 1. The van der Waals surface area contributed by atoms with Crippen LogP contribution in [0.5, 0.6) is 0 Å². The van der Waals surface area contributed by atoms with Crippen molar-refractivity contribution in [2.75, 3.05) is 0 Å². The Morgan fingerprint density at radius 1 is 1.62 bits per heavy atom. The normalized spacial score (nSPS) is 12.8. The molecule has 0 amide bonds. The molecule has 0 aliphatic carbocycles. The van der Waals surface area contributed by atoms with Gasteiger partial charge in [-0.25, -0.2) is 8.78 Å². The molecule has 0 aromatic carbocycles. The average molecular weight is 183 g/mol. The van der Waals surface area contributed by atoms with Crippen LogP contribution in [-0.4, -0.2) is 6.43 Å². The van der Waals surface area contributed by atoms with Gasteiger partial charge in [0.05, 0.1) is 11.6 Å². The molecule has 3 heteroatoms. The molecule has 0 unspecified atom stereocenters. The zero-order chi connectivity index (χ0) is 10.3. The zero-order valence-corrected chi connectivity index (χ0v) is 7.43. The Hall–Kier alpha value is -1.43. The second-order valence-corrected chi connectivity index (χ2v) is 2.33. The van der Waals surface area contributed by atoms with Crippen LogP contribution in [0.15, 0.2) is 36.0 Å². The predicted octanol–water partition coefficient (Wildman–Crippen LogP) is 3.22. The molecule has 0 aliphatic heterocycles. The maximum atomic E-state index is 12.3. The molecule has 0 atom stereocenters. The van der Waals surface area contributed by atoms with Crippen molar-refractivity contribution < 1.29 is 8.78 Å². The van der Waals surface area contributed by atoms with Crippen LogP contribution >= 0.6 is 0 Å². The molecule has 0 aromatic rings. The molecule has 0 spiro atoms. The number of rotatable bonds is 4. The monoisotopic (exact) mass is 183 g/mol. The summed E-state index contributed by atoms with van der Waals surface area (Å²) >= 11 is 0. The zero-order valence-electron chi connectivity index (χ0n) is 7.43. The third kappa shape index (κ3) is 4.22. The van der Waals surface area contributed by atoms with E-state index in [0.717, 1.165) is 6.08 Å². The Morgan fingerprint density at radius 2 is 2.23 bits per heavy atom. The van der Waals surface area contributed by atoms with Gasteiger partial charge in [-0.15, -0.1) is 0 Å². The molecule has 0 heterocycles. The SMILES string of the molecule is C=C/C(C#N)=C\C(=C\CC)C(F)F. The van der Waals surface area contributed by atoms with Gasteiger partial charge in [0.25, 0.3) is 6.43 Å². The quantitative estimate of drug-likeness (QED) is 0.485. The maximum absolute atomic E-state index is 12.3. The molecule has 0 saturated carbocycles. The molecule has 70 valence electrons. The van der Waals surface area contributed by atoms with E-state index in [-0.39, 0.29) is 11.1 Å². The van der Waals surface area contributed by atoms with Gasteiger partial charge in [0.15, 0.2) is 0 Å². The molecular weight excluding hydrogens is 172 g/mol. The van der Waals surface area contributed by atoms with Crippen LogP contribution in [0.2, 0.25) is 0 Å². The van der Waals surface area contributed by atoms with E-state index in [9.17, 15) is 8.78 Å². The van der Waals surface area contributed by atoms with E-state index in [0.29, 0.717) is 6.42 Å². The first-order valence-corrected chi connectivity index (χ1v) is 3.88. The van der Waals surface area contributed by atoms with Crippen LogP contribution in [0.4, 0.5) is 8.78 Å². The first-order chi connectivity index (χ1) is 6.15. The van der Waals surface area contributed by atoms with Crippen molar-refractivity contribution >= 4 is 0 Å². The van der Waals surface area contributed by atoms with Crippen LogP contribution in [0.25, 0.3) is 0 Å². The molecule has 1 nitrogen and oxygen atoms in total. The highest BCUT2D eigenvalue weighted by Crippen LogP contribution is 2.13. The first kappa shape index (κ1) is 11.6. The Kier molecular flexibility index (Phi) is 5.45. The molecule has 0 radical (unpaired) electrons. The highest BCUT2D eigenvalue weighted by atomic mass is 19.3. The van der Waals surface area contributed by atoms with Crippen LogP contribution in [-0.2, 0) is 0 Å². The molecule has 0 aromatic heterocycles. The number of nitrogens with zero attached hydrogens (tertiary/aromatic N) is 1. The van der Waals surface area contributed by atoms with Crippen LogP contribution < -0.4 is 0 Å². The fourth-order valence-corrected chi connectivity index (χ4v) is 0.763. The molecule has 0 fully saturated rings. The van der Waals surface area contributed by atoms with Gasteiger partial charge in [-0.3, -0.25) is 0 Å². The topological polar surface area (TPSA) is 23.8 Å². The third-order valence-electron chi connectivity index (χ3n) is 1.36. The number of alkyl halides is 2. The fraction of sp³-hybridized carbons (Fsp3) is 0.300. The minimum atomic E-state index is -2.54. The summed E-state index contributed by atoms with van der Waals surface area (Å²) < 4.78 is 24.5. The minimum absolute atomic E-state index is 0.126. The van der Waals surface area contributed by atoms with Gasteiger partial charge in [0.2, 0.25) is 0 Å². The number of hydrogen-bond donors (Lipinski definition) is 0. The van der Waals surface area contributed by atoms with Gasteiger partial charge in [-0.1, -0.05) is 25.7 Å². The average Bonchev–Trinajstić information content (AvgIpc) is 2.11. The standard InChI is InChI=1S/C10H11F2N/c1-3-5-9(10(11)12)6-8(4-2)7-13/h4-6,10H,2-3H2,1H3/b8-6+,9-5-. The van der Waals surface area contributed by atoms with Crippen molar-refractivity contribution in [3.63, 3.8) is 0 Å². The fourth-order valence-electron chi connectivity index (χ4n) is 0.763. The van der Waals surface area contributed by atoms with Gasteiger partial charge < -0.3 is 0 Å². The summed E-state index contributed by atoms with van der Waals surface area (Å²) in [5, 5.41) is 8.46. The van der Waals surface area contributed by atoms with E-state index in [2.05, 4.69) is 6.58 Å². The lowest BCUT2D eigenvalue weighted by Crippen LogP contribution is -1.94. The molecular formula is C10H11F2N. The molecule has 0 rings (SSSR count). The van der Waals surface area contributed by atoms with Crippen molar-refractivity contribution in [3.8, 4) is 6.07 Å². The summed E-state index contributed by atoms with van der Waals surface area (Å²) in [5.41, 5.74) is 0.0268. The van der Waals surface area contributed by atoms with Crippen molar-refractivity contribution in [1.29, 1.82) is 5.26 Å². The van der Waals surface area contributed by atoms with E-state index in [1.165, 1.54) is 12.2 Å². The van der Waals surface area contributed by atoms with Gasteiger partial charge >= 0.3 is 0 Å².